The Bertz CT molecular complexity index is 609. The van der Waals surface area contributed by atoms with Crippen LogP contribution < -0.4 is 10.6 Å². The number of aromatic nitrogens is 2. The molecule has 0 amide bonds. The lowest BCUT2D eigenvalue weighted by atomic mass is 10.2. The van der Waals surface area contributed by atoms with Gasteiger partial charge in [-0.15, -0.1) is 0 Å². The van der Waals surface area contributed by atoms with Gasteiger partial charge in [0.1, 0.15) is 0 Å². The number of benzene rings is 1. The number of nitrogens with one attached hydrogen (secondary N) is 2. The monoisotopic (exact) mass is 352 g/mol. The van der Waals surface area contributed by atoms with Crippen LogP contribution in [0.5, 0.6) is 0 Å². The van der Waals surface area contributed by atoms with Crippen molar-refractivity contribution in [2.24, 2.45) is 0 Å². The van der Waals surface area contributed by atoms with Gasteiger partial charge in [0.25, 0.3) is 0 Å². The van der Waals surface area contributed by atoms with Crippen molar-refractivity contribution in [2.75, 3.05) is 5.32 Å². The van der Waals surface area contributed by atoms with Crippen molar-refractivity contribution in [3.63, 3.8) is 0 Å². The Morgan fingerprint density at radius 2 is 2.25 bits per heavy atom. The summed E-state index contributed by atoms with van der Waals surface area (Å²) < 4.78 is 2.88. The minimum absolute atomic E-state index is 0.589. The van der Waals surface area contributed by atoms with E-state index in [4.69, 9.17) is 12.2 Å². The molecule has 0 aliphatic heterocycles. The zero-order chi connectivity index (χ0) is 14.5. The van der Waals surface area contributed by atoms with E-state index >= 15 is 0 Å². The highest BCUT2D eigenvalue weighted by Gasteiger charge is 2.06. The molecule has 1 heterocycles. The molecule has 2 N–H and O–H groups in total. The minimum Gasteiger partial charge on any atom is -0.357 e. The molecule has 0 saturated heterocycles. The van der Waals surface area contributed by atoms with Gasteiger partial charge in [0, 0.05) is 18.4 Å². The van der Waals surface area contributed by atoms with Gasteiger partial charge < -0.3 is 10.6 Å². The Hall–Kier alpha value is -1.40. The van der Waals surface area contributed by atoms with Gasteiger partial charge in [0.05, 0.1) is 16.7 Å². The topological polar surface area (TPSA) is 41.9 Å². The van der Waals surface area contributed by atoms with Crippen LogP contribution in [0.4, 0.5) is 5.69 Å². The number of rotatable bonds is 4. The first-order valence-corrected chi connectivity index (χ1v) is 7.62. The van der Waals surface area contributed by atoms with Crippen LogP contribution in [-0.2, 0) is 13.1 Å². The minimum atomic E-state index is 0.589. The largest absolute Gasteiger partial charge is 0.357 e. The summed E-state index contributed by atoms with van der Waals surface area (Å²) in [5.41, 5.74) is 3.13. The summed E-state index contributed by atoms with van der Waals surface area (Å²) in [6.07, 6.45) is 1.97. The van der Waals surface area contributed by atoms with Gasteiger partial charge in [-0.25, -0.2) is 0 Å². The van der Waals surface area contributed by atoms with E-state index in [1.54, 1.807) is 0 Å². The van der Waals surface area contributed by atoms with Crippen molar-refractivity contribution in [2.45, 2.75) is 26.9 Å². The first kappa shape index (κ1) is 15.0. The summed E-state index contributed by atoms with van der Waals surface area (Å²) in [5, 5.41) is 11.4. The first-order valence-electron chi connectivity index (χ1n) is 6.42. The third kappa shape index (κ3) is 4.05. The van der Waals surface area contributed by atoms with E-state index in [1.165, 1.54) is 5.56 Å². The van der Waals surface area contributed by atoms with Crippen LogP contribution in [-0.4, -0.2) is 14.9 Å². The highest BCUT2D eigenvalue weighted by atomic mass is 79.9. The number of halogens is 1. The standard InChI is InChI=1S/C14H17BrN4S/c1-3-19-9-12(15)13(18-19)8-16-14(20)17-11-6-4-5-10(2)7-11/h4-7,9H,3,8H2,1-2H3,(H2,16,17,20). The molecule has 20 heavy (non-hydrogen) atoms. The lowest BCUT2D eigenvalue weighted by Crippen LogP contribution is -2.28. The second kappa shape index (κ2) is 6.85. The lowest BCUT2D eigenvalue weighted by Gasteiger charge is -2.10. The summed E-state index contributed by atoms with van der Waals surface area (Å²) >= 11 is 8.78. The summed E-state index contributed by atoms with van der Waals surface area (Å²) in [7, 11) is 0. The fourth-order valence-electron chi connectivity index (χ4n) is 1.78. The van der Waals surface area contributed by atoms with Gasteiger partial charge in [-0.05, 0) is 59.7 Å². The maximum atomic E-state index is 5.28. The Kier molecular flexibility index (Phi) is 5.14. The Labute approximate surface area is 132 Å². The molecule has 106 valence electrons. The Balaban J connectivity index is 1.90. The molecule has 0 unspecified atom stereocenters. The second-order valence-corrected chi connectivity index (χ2v) is 5.72. The van der Waals surface area contributed by atoms with Crippen LogP contribution in [0.2, 0.25) is 0 Å². The van der Waals surface area contributed by atoms with E-state index in [9.17, 15) is 0 Å². The van der Waals surface area contributed by atoms with Crippen molar-refractivity contribution in [1.82, 2.24) is 15.1 Å². The summed E-state index contributed by atoms with van der Waals surface area (Å²) in [6.45, 7) is 5.55. The number of nitrogens with zero attached hydrogens (tertiary/aromatic N) is 2. The number of anilines is 1. The zero-order valence-electron chi connectivity index (χ0n) is 11.5. The van der Waals surface area contributed by atoms with Crippen LogP contribution in [0.3, 0.4) is 0 Å². The molecule has 0 atom stereocenters. The van der Waals surface area contributed by atoms with Crippen molar-refractivity contribution in [3.05, 3.63) is 46.2 Å². The van der Waals surface area contributed by atoms with E-state index in [1.807, 2.05) is 23.0 Å². The molecule has 0 saturated carbocycles. The SMILES string of the molecule is CCn1cc(Br)c(CNC(=S)Nc2cccc(C)c2)n1. The molecular formula is C14H17BrN4S. The predicted octanol–water partition coefficient (Wildman–Crippen LogP) is 3.46. The van der Waals surface area contributed by atoms with Crippen molar-refractivity contribution in [3.8, 4) is 0 Å². The molecule has 0 bridgehead atoms. The molecule has 0 aliphatic carbocycles. The van der Waals surface area contributed by atoms with E-state index < -0.39 is 0 Å². The first-order chi connectivity index (χ1) is 9.58. The fourth-order valence-corrected chi connectivity index (χ4v) is 2.43. The molecule has 2 aromatic rings. The maximum absolute atomic E-state index is 5.28. The lowest BCUT2D eigenvalue weighted by molar-refractivity contribution is 0.643. The number of hydrogen-bond donors (Lipinski definition) is 2. The molecule has 0 spiro atoms. The summed E-state index contributed by atoms with van der Waals surface area (Å²) in [4.78, 5) is 0. The fraction of sp³-hybridized carbons (Fsp3) is 0.286. The Morgan fingerprint density at radius 3 is 2.90 bits per heavy atom. The smallest absolute Gasteiger partial charge is 0.171 e. The molecular weight excluding hydrogens is 336 g/mol. The van der Waals surface area contributed by atoms with Crippen molar-refractivity contribution in [1.29, 1.82) is 0 Å². The molecule has 1 aromatic carbocycles. The van der Waals surface area contributed by atoms with Crippen LogP contribution in [0.15, 0.2) is 34.9 Å². The quantitative estimate of drug-likeness (QED) is 0.826. The normalized spacial score (nSPS) is 10.3. The molecule has 0 aliphatic rings. The van der Waals surface area contributed by atoms with Crippen molar-refractivity contribution >= 4 is 38.9 Å². The highest BCUT2D eigenvalue weighted by Crippen LogP contribution is 2.14. The van der Waals surface area contributed by atoms with Gasteiger partial charge in [-0.2, -0.15) is 5.10 Å². The van der Waals surface area contributed by atoms with Gasteiger partial charge in [-0.3, -0.25) is 4.68 Å². The maximum Gasteiger partial charge on any atom is 0.171 e. The van der Waals surface area contributed by atoms with Crippen LogP contribution >= 0.6 is 28.1 Å². The van der Waals surface area contributed by atoms with Gasteiger partial charge in [0.15, 0.2) is 5.11 Å². The Morgan fingerprint density at radius 1 is 1.45 bits per heavy atom. The molecule has 4 nitrogen and oxygen atoms in total. The van der Waals surface area contributed by atoms with E-state index in [2.05, 4.69) is 57.6 Å². The van der Waals surface area contributed by atoms with Crippen molar-refractivity contribution < 1.29 is 0 Å². The average Bonchev–Trinajstić information content (AvgIpc) is 2.77. The zero-order valence-corrected chi connectivity index (χ0v) is 13.9. The predicted molar refractivity (Wildman–Crippen MR) is 89.8 cm³/mol. The van der Waals surface area contributed by atoms with Gasteiger partial charge in [0.2, 0.25) is 0 Å². The van der Waals surface area contributed by atoms with E-state index in [0.29, 0.717) is 11.7 Å². The van der Waals surface area contributed by atoms with E-state index in [0.717, 1.165) is 22.4 Å². The van der Waals surface area contributed by atoms with Gasteiger partial charge >= 0.3 is 0 Å². The molecule has 0 radical (unpaired) electrons. The number of hydrogen-bond acceptors (Lipinski definition) is 2. The highest BCUT2D eigenvalue weighted by molar-refractivity contribution is 9.10. The summed E-state index contributed by atoms with van der Waals surface area (Å²) in [5.74, 6) is 0. The average molecular weight is 353 g/mol. The third-order valence-electron chi connectivity index (χ3n) is 2.80. The number of aryl methyl sites for hydroxylation is 2. The van der Waals surface area contributed by atoms with E-state index in [-0.39, 0.29) is 0 Å². The van der Waals surface area contributed by atoms with Crippen LogP contribution in [0.25, 0.3) is 0 Å². The van der Waals surface area contributed by atoms with Crippen LogP contribution in [0, 0.1) is 6.92 Å². The molecule has 1 aromatic heterocycles. The number of thiocarbonyl (C=S) groups is 1. The second-order valence-electron chi connectivity index (χ2n) is 4.46. The summed E-state index contributed by atoms with van der Waals surface area (Å²) in [6, 6.07) is 8.09. The molecule has 0 fully saturated rings. The molecule has 6 heteroatoms. The molecule has 2 rings (SSSR count). The van der Waals surface area contributed by atoms with Crippen LogP contribution in [0.1, 0.15) is 18.2 Å². The third-order valence-corrected chi connectivity index (χ3v) is 3.71. The van der Waals surface area contributed by atoms with Gasteiger partial charge in [-0.1, -0.05) is 12.1 Å².